The molecule has 1 heterocycles. The van der Waals surface area contributed by atoms with Gasteiger partial charge in [-0.3, -0.25) is 4.79 Å². The lowest BCUT2D eigenvalue weighted by Gasteiger charge is -2.34. The molecular formula is C13H14ClF2NO. The fourth-order valence-electron chi connectivity index (χ4n) is 2.27. The van der Waals surface area contributed by atoms with Crippen molar-refractivity contribution >= 4 is 17.5 Å². The topological polar surface area (TPSA) is 20.3 Å². The number of nitrogens with zero attached hydrogens (tertiary/aromatic N) is 1. The minimum Gasteiger partial charge on any atom is -0.334 e. The minimum atomic E-state index is -0.820. The summed E-state index contributed by atoms with van der Waals surface area (Å²) in [6.45, 7) is 0.504. The van der Waals surface area contributed by atoms with Gasteiger partial charge in [-0.2, -0.15) is 0 Å². The molecule has 1 aromatic carbocycles. The fourth-order valence-corrected chi connectivity index (χ4v) is 2.59. The van der Waals surface area contributed by atoms with Crippen LogP contribution < -0.4 is 0 Å². The van der Waals surface area contributed by atoms with Crippen molar-refractivity contribution in [1.82, 2.24) is 4.90 Å². The predicted molar refractivity (Wildman–Crippen MR) is 65.8 cm³/mol. The van der Waals surface area contributed by atoms with Gasteiger partial charge in [-0.25, -0.2) is 8.78 Å². The van der Waals surface area contributed by atoms with Crippen molar-refractivity contribution in [2.75, 3.05) is 12.4 Å². The Morgan fingerprint density at radius 3 is 2.61 bits per heavy atom. The molecule has 0 N–H and O–H groups in total. The summed E-state index contributed by atoms with van der Waals surface area (Å²) in [6, 6.07) is 3.30. The Balaban J connectivity index is 2.30. The summed E-state index contributed by atoms with van der Waals surface area (Å²) in [5.74, 6) is -1.95. The Labute approximate surface area is 110 Å². The third-order valence-electron chi connectivity index (χ3n) is 3.24. The molecule has 0 bridgehead atoms. The number of rotatable bonds is 2. The summed E-state index contributed by atoms with van der Waals surface area (Å²) in [4.78, 5) is 13.7. The van der Waals surface area contributed by atoms with Gasteiger partial charge in [0.05, 0.1) is 0 Å². The smallest absolute Gasteiger partial charge is 0.260 e. The molecule has 1 aromatic rings. The van der Waals surface area contributed by atoms with Crippen molar-refractivity contribution in [3.8, 4) is 0 Å². The summed E-state index contributed by atoms with van der Waals surface area (Å²) >= 11 is 5.80. The highest BCUT2D eigenvalue weighted by atomic mass is 35.5. The van der Waals surface area contributed by atoms with E-state index >= 15 is 0 Å². The van der Waals surface area contributed by atoms with Crippen molar-refractivity contribution in [2.24, 2.45) is 0 Å². The molecule has 5 heteroatoms. The van der Waals surface area contributed by atoms with Crippen molar-refractivity contribution in [2.45, 2.75) is 25.3 Å². The first-order valence-electron chi connectivity index (χ1n) is 5.96. The van der Waals surface area contributed by atoms with Crippen molar-refractivity contribution < 1.29 is 13.6 Å². The molecule has 0 aliphatic carbocycles. The number of likely N-dealkylation sites (tertiary alicyclic amines) is 1. The van der Waals surface area contributed by atoms with Gasteiger partial charge in [0, 0.05) is 18.5 Å². The van der Waals surface area contributed by atoms with Gasteiger partial charge in [-0.1, -0.05) is 6.07 Å². The molecule has 2 rings (SSSR count). The summed E-state index contributed by atoms with van der Waals surface area (Å²) in [5.41, 5.74) is -0.477. The molecule has 1 saturated heterocycles. The predicted octanol–water partition coefficient (Wildman–Crippen LogP) is 3.20. The number of carbonyl (C=O) groups excluding carboxylic acids is 1. The molecule has 1 amide bonds. The lowest BCUT2D eigenvalue weighted by atomic mass is 10.0. The first-order valence-corrected chi connectivity index (χ1v) is 6.49. The summed E-state index contributed by atoms with van der Waals surface area (Å²) in [7, 11) is 0. The van der Waals surface area contributed by atoms with E-state index in [2.05, 4.69) is 0 Å². The zero-order chi connectivity index (χ0) is 13.1. The molecule has 1 unspecified atom stereocenters. The first-order chi connectivity index (χ1) is 8.65. The second-order valence-corrected chi connectivity index (χ2v) is 4.71. The maximum absolute atomic E-state index is 13.6. The van der Waals surface area contributed by atoms with Crippen LogP contribution in [0.3, 0.4) is 0 Å². The van der Waals surface area contributed by atoms with Crippen LogP contribution in [0.5, 0.6) is 0 Å². The second-order valence-electron chi connectivity index (χ2n) is 4.40. The normalized spacial score (nSPS) is 19.9. The number of hydrogen-bond acceptors (Lipinski definition) is 1. The number of benzene rings is 1. The standard InChI is InChI=1S/C13H14ClF2NO/c14-8-9-4-1-2-7-17(9)13(18)12-10(15)5-3-6-11(12)16/h3,5-6,9H,1-2,4,7-8H2. The van der Waals surface area contributed by atoms with Crippen molar-refractivity contribution in [3.63, 3.8) is 0 Å². The van der Waals surface area contributed by atoms with E-state index in [4.69, 9.17) is 11.6 Å². The van der Waals surface area contributed by atoms with Gasteiger partial charge in [0.25, 0.3) is 5.91 Å². The highest BCUT2D eigenvalue weighted by molar-refractivity contribution is 6.18. The Bertz CT molecular complexity index is 432. The molecular weight excluding hydrogens is 260 g/mol. The second kappa shape index (κ2) is 5.65. The monoisotopic (exact) mass is 273 g/mol. The molecule has 18 heavy (non-hydrogen) atoms. The largest absolute Gasteiger partial charge is 0.334 e. The number of hydrogen-bond donors (Lipinski definition) is 0. The van der Waals surface area contributed by atoms with Gasteiger partial charge in [0.1, 0.15) is 17.2 Å². The quantitative estimate of drug-likeness (QED) is 0.758. The minimum absolute atomic E-state index is 0.132. The van der Waals surface area contributed by atoms with E-state index in [0.717, 1.165) is 31.4 Å². The van der Waals surface area contributed by atoms with E-state index in [-0.39, 0.29) is 6.04 Å². The highest BCUT2D eigenvalue weighted by Crippen LogP contribution is 2.23. The summed E-state index contributed by atoms with van der Waals surface area (Å²) in [6.07, 6.45) is 2.61. The van der Waals surface area contributed by atoms with Crippen molar-refractivity contribution in [1.29, 1.82) is 0 Å². The molecule has 0 saturated carbocycles. The Morgan fingerprint density at radius 1 is 1.33 bits per heavy atom. The van der Waals surface area contributed by atoms with Crippen LogP contribution in [0, 0.1) is 11.6 Å². The van der Waals surface area contributed by atoms with Crippen LogP contribution in [-0.4, -0.2) is 29.3 Å². The number of amides is 1. The van der Waals surface area contributed by atoms with E-state index in [1.54, 1.807) is 0 Å². The molecule has 1 aliphatic heterocycles. The SMILES string of the molecule is O=C(c1c(F)cccc1F)N1CCCCC1CCl. The van der Waals surface area contributed by atoms with Gasteiger partial charge < -0.3 is 4.90 Å². The van der Waals surface area contributed by atoms with E-state index in [1.807, 2.05) is 0 Å². The summed E-state index contributed by atoms with van der Waals surface area (Å²) < 4.78 is 27.1. The molecule has 1 fully saturated rings. The number of piperidine rings is 1. The molecule has 1 aliphatic rings. The highest BCUT2D eigenvalue weighted by Gasteiger charge is 2.30. The van der Waals surface area contributed by atoms with E-state index in [0.29, 0.717) is 12.4 Å². The Hall–Kier alpha value is -1.16. The van der Waals surface area contributed by atoms with E-state index < -0.39 is 23.1 Å². The van der Waals surface area contributed by atoms with Crippen LogP contribution >= 0.6 is 11.6 Å². The van der Waals surface area contributed by atoms with Crippen LogP contribution in [0.25, 0.3) is 0 Å². The van der Waals surface area contributed by atoms with Crippen LogP contribution in [-0.2, 0) is 0 Å². The maximum Gasteiger partial charge on any atom is 0.260 e. The number of halogens is 3. The lowest BCUT2D eigenvalue weighted by Crippen LogP contribution is -2.45. The van der Waals surface area contributed by atoms with Gasteiger partial charge in [-0.05, 0) is 31.4 Å². The average Bonchev–Trinajstić information content (AvgIpc) is 2.38. The van der Waals surface area contributed by atoms with Crippen molar-refractivity contribution in [3.05, 3.63) is 35.4 Å². The maximum atomic E-state index is 13.6. The van der Waals surface area contributed by atoms with Gasteiger partial charge in [0.15, 0.2) is 0 Å². The van der Waals surface area contributed by atoms with Crippen LogP contribution in [0.2, 0.25) is 0 Å². The zero-order valence-electron chi connectivity index (χ0n) is 9.83. The third kappa shape index (κ3) is 2.48. The molecule has 98 valence electrons. The Kier molecular flexibility index (Phi) is 4.17. The molecule has 0 radical (unpaired) electrons. The van der Waals surface area contributed by atoms with Gasteiger partial charge in [0.2, 0.25) is 0 Å². The molecule has 0 aromatic heterocycles. The van der Waals surface area contributed by atoms with Crippen LogP contribution in [0.1, 0.15) is 29.6 Å². The van der Waals surface area contributed by atoms with Crippen LogP contribution in [0.15, 0.2) is 18.2 Å². The first kappa shape index (κ1) is 13.3. The lowest BCUT2D eigenvalue weighted by molar-refractivity contribution is 0.0629. The number of carbonyl (C=O) groups is 1. The average molecular weight is 274 g/mol. The Morgan fingerprint density at radius 2 is 2.00 bits per heavy atom. The van der Waals surface area contributed by atoms with E-state index in [1.165, 1.54) is 11.0 Å². The molecule has 2 nitrogen and oxygen atoms in total. The molecule has 1 atom stereocenters. The van der Waals surface area contributed by atoms with Gasteiger partial charge >= 0.3 is 0 Å². The van der Waals surface area contributed by atoms with Gasteiger partial charge in [-0.15, -0.1) is 11.6 Å². The van der Waals surface area contributed by atoms with E-state index in [9.17, 15) is 13.6 Å². The zero-order valence-corrected chi connectivity index (χ0v) is 10.6. The third-order valence-corrected chi connectivity index (χ3v) is 3.60. The summed E-state index contributed by atoms with van der Waals surface area (Å²) in [5, 5.41) is 0. The van der Waals surface area contributed by atoms with Crippen LogP contribution in [0.4, 0.5) is 8.78 Å². The number of alkyl halides is 1. The fraction of sp³-hybridized carbons (Fsp3) is 0.462. The molecule has 0 spiro atoms.